The normalized spacial score (nSPS) is 13.5. The third-order valence-electron chi connectivity index (χ3n) is 1.89. The number of nitrogens with two attached hydrogens (primary N) is 1. The van der Waals surface area contributed by atoms with Crippen LogP contribution in [0.3, 0.4) is 0 Å². The molecule has 1 aromatic rings. The van der Waals surface area contributed by atoms with Crippen LogP contribution in [0.25, 0.3) is 0 Å². The predicted octanol–water partition coefficient (Wildman–Crippen LogP) is 1.05. The number of hydrogen-bond donors (Lipinski definition) is 2. The van der Waals surface area contributed by atoms with Gasteiger partial charge in [0.1, 0.15) is 11.7 Å². The predicted molar refractivity (Wildman–Crippen MR) is 48.6 cm³/mol. The topological polar surface area (TPSA) is 76.2 Å². The second-order valence-electron chi connectivity index (χ2n) is 3.20. The number of halogens is 3. The van der Waals surface area contributed by atoms with Crippen LogP contribution >= 0.6 is 0 Å². The quantitative estimate of drug-likeness (QED) is 0.819. The van der Waals surface area contributed by atoms with E-state index in [9.17, 15) is 18.0 Å². The molecule has 0 aromatic carbocycles. The summed E-state index contributed by atoms with van der Waals surface area (Å²) in [7, 11) is 0. The van der Waals surface area contributed by atoms with Gasteiger partial charge in [-0.15, -0.1) is 0 Å². The van der Waals surface area contributed by atoms with Crippen LogP contribution in [0.1, 0.15) is 11.3 Å². The Kier molecular flexibility index (Phi) is 3.48. The SMILES string of the molecule is NC(Cc1ccnc(C(F)(F)F)c1)C(=O)O. The summed E-state index contributed by atoms with van der Waals surface area (Å²) in [5, 5.41) is 8.51. The highest BCUT2D eigenvalue weighted by atomic mass is 19.4. The Bertz CT molecular complexity index is 393. The molecular formula is C9H9F3N2O2. The number of hydrogen-bond acceptors (Lipinski definition) is 3. The van der Waals surface area contributed by atoms with Crippen LogP contribution < -0.4 is 5.73 Å². The highest BCUT2D eigenvalue weighted by molar-refractivity contribution is 5.73. The summed E-state index contributed by atoms with van der Waals surface area (Å²) in [5.41, 5.74) is 4.35. The molecule has 0 fully saturated rings. The average molecular weight is 234 g/mol. The van der Waals surface area contributed by atoms with Crippen molar-refractivity contribution in [1.29, 1.82) is 0 Å². The first-order valence-corrected chi connectivity index (χ1v) is 4.31. The maximum absolute atomic E-state index is 12.3. The molecule has 0 bridgehead atoms. The summed E-state index contributed by atoms with van der Waals surface area (Å²) in [6, 6.07) is 0.879. The van der Waals surface area contributed by atoms with E-state index in [2.05, 4.69) is 4.98 Å². The molecule has 1 heterocycles. The molecular weight excluding hydrogens is 225 g/mol. The first kappa shape index (κ1) is 12.4. The fraction of sp³-hybridized carbons (Fsp3) is 0.333. The molecule has 0 amide bonds. The van der Waals surface area contributed by atoms with Gasteiger partial charge in [0.15, 0.2) is 0 Å². The Balaban J connectivity index is 2.87. The number of nitrogens with zero attached hydrogens (tertiary/aromatic N) is 1. The van der Waals surface area contributed by atoms with E-state index in [0.29, 0.717) is 0 Å². The summed E-state index contributed by atoms with van der Waals surface area (Å²) >= 11 is 0. The minimum Gasteiger partial charge on any atom is -0.480 e. The lowest BCUT2D eigenvalue weighted by Crippen LogP contribution is -2.32. The van der Waals surface area contributed by atoms with Gasteiger partial charge in [0, 0.05) is 6.20 Å². The number of aliphatic carboxylic acids is 1. The highest BCUT2D eigenvalue weighted by Crippen LogP contribution is 2.27. The number of aromatic nitrogens is 1. The van der Waals surface area contributed by atoms with Crippen LogP contribution in [0.5, 0.6) is 0 Å². The lowest BCUT2D eigenvalue weighted by Gasteiger charge is -2.09. The van der Waals surface area contributed by atoms with E-state index in [-0.39, 0.29) is 12.0 Å². The number of rotatable bonds is 3. The monoisotopic (exact) mass is 234 g/mol. The van der Waals surface area contributed by atoms with Gasteiger partial charge < -0.3 is 10.8 Å². The van der Waals surface area contributed by atoms with Gasteiger partial charge in [0.25, 0.3) is 0 Å². The Labute approximate surface area is 88.9 Å². The second-order valence-corrected chi connectivity index (χ2v) is 3.20. The van der Waals surface area contributed by atoms with Crippen molar-refractivity contribution in [3.8, 4) is 0 Å². The molecule has 0 saturated carbocycles. The van der Waals surface area contributed by atoms with Crippen LogP contribution in [0.2, 0.25) is 0 Å². The first-order chi connectivity index (χ1) is 7.30. The molecule has 0 spiro atoms. The molecule has 1 rings (SSSR count). The average Bonchev–Trinajstić information content (AvgIpc) is 2.16. The van der Waals surface area contributed by atoms with Crippen molar-refractivity contribution in [2.75, 3.05) is 0 Å². The van der Waals surface area contributed by atoms with Gasteiger partial charge >= 0.3 is 12.1 Å². The number of carboxylic acids is 1. The van der Waals surface area contributed by atoms with Crippen LogP contribution in [0, 0.1) is 0 Å². The smallest absolute Gasteiger partial charge is 0.433 e. The maximum atomic E-state index is 12.3. The molecule has 0 aliphatic carbocycles. The third kappa shape index (κ3) is 3.20. The number of carboxylic acid groups (broad SMARTS) is 1. The lowest BCUT2D eigenvalue weighted by molar-refractivity contribution is -0.141. The molecule has 1 unspecified atom stereocenters. The summed E-state index contributed by atoms with van der Waals surface area (Å²) in [5.74, 6) is -1.26. The summed E-state index contributed by atoms with van der Waals surface area (Å²) in [6.07, 6.45) is -3.73. The van der Waals surface area contributed by atoms with Crippen molar-refractivity contribution in [1.82, 2.24) is 4.98 Å². The largest absolute Gasteiger partial charge is 0.480 e. The number of alkyl halides is 3. The Hall–Kier alpha value is -1.63. The molecule has 1 atom stereocenters. The van der Waals surface area contributed by atoms with E-state index in [4.69, 9.17) is 10.8 Å². The van der Waals surface area contributed by atoms with E-state index in [1.165, 1.54) is 6.07 Å². The zero-order valence-electron chi connectivity index (χ0n) is 8.03. The van der Waals surface area contributed by atoms with E-state index >= 15 is 0 Å². The van der Waals surface area contributed by atoms with Gasteiger partial charge in [-0.1, -0.05) is 0 Å². The van der Waals surface area contributed by atoms with Crippen molar-refractivity contribution in [3.05, 3.63) is 29.6 Å². The standard InChI is InChI=1S/C9H9F3N2O2/c10-9(11,12)7-4-5(1-2-14-7)3-6(13)8(15)16/h1-2,4,6H,3,13H2,(H,15,16). The van der Waals surface area contributed by atoms with Gasteiger partial charge in [-0.2, -0.15) is 13.2 Å². The first-order valence-electron chi connectivity index (χ1n) is 4.31. The zero-order valence-corrected chi connectivity index (χ0v) is 8.03. The van der Waals surface area contributed by atoms with E-state index < -0.39 is 23.9 Å². The minimum absolute atomic E-state index is 0.166. The molecule has 1 aromatic heterocycles. The molecule has 0 aliphatic heterocycles. The van der Waals surface area contributed by atoms with Crippen LogP contribution in [-0.4, -0.2) is 22.1 Å². The van der Waals surface area contributed by atoms with Gasteiger partial charge in [0.05, 0.1) is 0 Å². The van der Waals surface area contributed by atoms with Crippen molar-refractivity contribution >= 4 is 5.97 Å². The number of pyridine rings is 1. The van der Waals surface area contributed by atoms with E-state index in [1.807, 2.05) is 0 Å². The maximum Gasteiger partial charge on any atom is 0.433 e. The molecule has 0 radical (unpaired) electrons. The molecule has 88 valence electrons. The Morgan fingerprint density at radius 3 is 2.69 bits per heavy atom. The van der Waals surface area contributed by atoms with Crippen LogP contribution in [0.4, 0.5) is 13.2 Å². The van der Waals surface area contributed by atoms with E-state index in [0.717, 1.165) is 12.3 Å². The molecule has 4 nitrogen and oxygen atoms in total. The van der Waals surface area contributed by atoms with Crippen LogP contribution in [-0.2, 0) is 17.4 Å². The van der Waals surface area contributed by atoms with Gasteiger partial charge in [0.2, 0.25) is 0 Å². The van der Waals surface area contributed by atoms with Crippen molar-refractivity contribution in [2.24, 2.45) is 5.73 Å². The second kappa shape index (κ2) is 4.48. The van der Waals surface area contributed by atoms with Crippen molar-refractivity contribution in [3.63, 3.8) is 0 Å². The van der Waals surface area contributed by atoms with Gasteiger partial charge in [-0.05, 0) is 24.1 Å². The third-order valence-corrected chi connectivity index (χ3v) is 1.89. The highest BCUT2D eigenvalue weighted by Gasteiger charge is 2.32. The van der Waals surface area contributed by atoms with Gasteiger partial charge in [-0.25, -0.2) is 0 Å². The van der Waals surface area contributed by atoms with Gasteiger partial charge in [-0.3, -0.25) is 9.78 Å². The summed E-state index contributed by atoms with van der Waals surface area (Å²) in [4.78, 5) is 13.6. The van der Waals surface area contributed by atoms with Crippen LogP contribution in [0.15, 0.2) is 18.3 Å². The molecule has 0 saturated heterocycles. The molecule has 3 N–H and O–H groups in total. The van der Waals surface area contributed by atoms with Crippen molar-refractivity contribution in [2.45, 2.75) is 18.6 Å². The fourth-order valence-electron chi connectivity index (χ4n) is 1.10. The summed E-state index contributed by atoms with van der Waals surface area (Å²) < 4.78 is 36.8. The minimum atomic E-state index is -4.54. The Morgan fingerprint density at radius 2 is 2.19 bits per heavy atom. The lowest BCUT2D eigenvalue weighted by atomic mass is 10.1. The molecule has 7 heteroatoms. The Morgan fingerprint density at radius 1 is 1.56 bits per heavy atom. The van der Waals surface area contributed by atoms with Crippen molar-refractivity contribution < 1.29 is 23.1 Å². The molecule has 0 aliphatic rings. The van der Waals surface area contributed by atoms with E-state index in [1.54, 1.807) is 0 Å². The zero-order chi connectivity index (χ0) is 12.3. The fourth-order valence-corrected chi connectivity index (χ4v) is 1.10. The molecule has 16 heavy (non-hydrogen) atoms. The number of carbonyl (C=O) groups is 1. The summed E-state index contributed by atoms with van der Waals surface area (Å²) in [6.45, 7) is 0.